The van der Waals surface area contributed by atoms with E-state index in [0.717, 1.165) is 12.8 Å². The normalized spacial score (nSPS) is 19.4. The summed E-state index contributed by atoms with van der Waals surface area (Å²) in [6.45, 7) is 9.36. The van der Waals surface area contributed by atoms with Crippen molar-refractivity contribution in [2.75, 3.05) is 6.54 Å². The molecule has 1 saturated heterocycles. The minimum absolute atomic E-state index is 0.192. The minimum Gasteiger partial charge on any atom is -0.363 e. The molecule has 220 valence electrons. The highest BCUT2D eigenvalue weighted by molar-refractivity contribution is 7.12. The lowest BCUT2D eigenvalue weighted by Gasteiger charge is -2.36. The van der Waals surface area contributed by atoms with E-state index in [9.17, 15) is 28.8 Å². The fraction of sp³-hybridized carbons (Fsp3) is 0.643. The Bertz CT molecular complexity index is 1120. The van der Waals surface area contributed by atoms with Crippen molar-refractivity contribution in [2.45, 2.75) is 90.9 Å². The Hall–Kier alpha value is -3.28. The van der Waals surface area contributed by atoms with E-state index in [2.05, 4.69) is 16.0 Å². The van der Waals surface area contributed by atoms with Crippen LogP contribution in [0, 0.1) is 17.3 Å². The number of urea groups is 1. The number of likely N-dealkylation sites (tertiary alicyclic amines) is 1. The molecule has 0 aromatic carbocycles. The molecule has 40 heavy (non-hydrogen) atoms. The van der Waals surface area contributed by atoms with Crippen molar-refractivity contribution in [2.24, 2.45) is 23.0 Å². The van der Waals surface area contributed by atoms with Crippen LogP contribution >= 0.6 is 11.3 Å². The van der Waals surface area contributed by atoms with Crippen molar-refractivity contribution in [3.8, 4) is 0 Å². The largest absolute Gasteiger partial charge is 0.363 e. The van der Waals surface area contributed by atoms with Gasteiger partial charge in [0.2, 0.25) is 17.6 Å². The molecule has 1 aromatic rings. The van der Waals surface area contributed by atoms with E-state index in [1.807, 2.05) is 13.8 Å². The molecule has 3 unspecified atom stereocenters. The summed E-state index contributed by atoms with van der Waals surface area (Å²) >= 11 is 1.29. The average Bonchev–Trinajstić information content (AvgIpc) is 3.32. The van der Waals surface area contributed by atoms with Crippen LogP contribution in [0.3, 0.4) is 0 Å². The molecule has 11 nitrogen and oxygen atoms in total. The number of Topliss-reactive ketones (excluding diaryl/α,β-unsaturated/α-hetero) is 2. The van der Waals surface area contributed by atoms with Gasteiger partial charge in [-0.15, -0.1) is 11.3 Å². The predicted octanol–water partition coefficient (Wildman–Crippen LogP) is 2.00. The molecule has 3 rings (SSSR count). The second-order valence-corrected chi connectivity index (χ2v) is 13.1. The zero-order chi connectivity index (χ0) is 29.8. The fourth-order valence-corrected chi connectivity index (χ4v) is 5.60. The first-order chi connectivity index (χ1) is 18.7. The van der Waals surface area contributed by atoms with E-state index in [0.29, 0.717) is 30.7 Å². The van der Waals surface area contributed by atoms with E-state index in [4.69, 9.17) is 5.73 Å². The van der Waals surface area contributed by atoms with Crippen molar-refractivity contribution >= 4 is 46.7 Å². The summed E-state index contributed by atoms with van der Waals surface area (Å²) in [5.41, 5.74) is 4.48. The smallest absolute Gasteiger partial charge is 0.316 e. The number of nitrogens with zero attached hydrogens (tertiary/aromatic N) is 1. The number of amides is 5. The number of primary amides is 1. The number of hydrogen-bond donors (Lipinski definition) is 4. The maximum absolute atomic E-state index is 13.8. The van der Waals surface area contributed by atoms with Crippen molar-refractivity contribution < 1.29 is 28.8 Å². The molecular formula is C28H41N5O6S. The Kier molecular flexibility index (Phi) is 10.1. The second kappa shape index (κ2) is 12.9. The molecule has 0 radical (unpaired) electrons. The molecule has 1 saturated carbocycles. The summed E-state index contributed by atoms with van der Waals surface area (Å²) in [7, 11) is 0. The Morgan fingerprint density at radius 1 is 1.05 bits per heavy atom. The van der Waals surface area contributed by atoms with Crippen LogP contribution in [0.2, 0.25) is 0 Å². The lowest BCUT2D eigenvalue weighted by molar-refractivity contribution is -0.143. The molecular weight excluding hydrogens is 534 g/mol. The SMILES string of the molecule is CC(C)C(NC(=O)NC(C(=O)N1CCC[C@H]1C(=O)NC(CC1CC1)C(=O)C(N)=O)C(C)(C)C)C(=O)c1cccs1. The first kappa shape index (κ1) is 31.3. The van der Waals surface area contributed by atoms with Gasteiger partial charge in [-0.2, -0.15) is 0 Å². The second-order valence-electron chi connectivity index (χ2n) is 12.1. The Balaban J connectivity index is 1.72. The minimum atomic E-state index is -1.11. The van der Waals surface area contributed by atoms with Crippen molar-refractivity contribution in [3.05, 3.63) is 22.4 Å². The number of rotatable bonds is 12. The molecule has 2 fully saturated rings. The molecule has 4 atom stereocenters. The summed E-state index contributed by atoms with van der Waals surface area (Å²) < 4.78 is 0. The average molecular weight is 576 g/mol. The van der Waals surface area contributed by atoms with Crippen LogP contribution in [-0.4, -0.2) is 70.9 Å². The third-order valence-corrected chi connectivity index (χ3v) is 8.25. The highest BCUT2D eigenvalue weighted by Crippen LogP contribution is 2.34. The quantitative estimate of drug-likeness (QED) is 0.220. The van der Waals surface area contributed by atoms with Crippen molar-refractivity contribution in [3.63, 3.8) is 0 Å². The van der Waals surface area contributed by atoms with Crippen LogP contribution < -0.4 is 21.7 Å². The van der Waals surface area contributed by atoms with E-state index in [1.165, 1.54) is 16.2 Å². The van der Waals surface area contributed by atoms with Crippen molar-refractivity contribution in [1.82, 2.24) is 20.9 Å². The highest BCUT2D eigenvalue weighted by Gasteiger charge is 2.43. The third kappa shape index (κ3) is 7.89. The molecule has 5 amide bonds. The monoisotopic (exact) mass is 575 g/mol. The molecule has 2 heterocycles. The van der Waals surface area contributed by atoms with Gasteiger partial charge in [-0.3, -0.25) is 24.0 Å². The first-order valence-electron chi connectivity index (χ1n) is 13.8. The standard InChI is InChI=1S/C28H41N5O6S/c1-15(2)20(22(35)19-9-7-13-40-19)31-27(39)32-23(28(3,4)5)26(38)33-12-6-8-18(33)25(37)30-17(14-16-10-11-16)21(34)24(29)36/h7,9,13,15-18,20,23H,6,8,10-12,14H2,1-5H3,(H2,29,36)(H,30,37)(H2,31,32,39)/t17?,18-,20?,23?/m0/s1. The maximum atomic E-state index is 13.8. The lowest BCUT2D eigenvalue weighted by atomic mass is 9.85. The Morgan fingerprint density at radius 2 is 1.73 bits per heavy atom. The van der Waals surface area contributed by atoms with Crippen LogP contribution in [0.25, 0.3) is 0 Å². The number of hydrogen-bond acceptors (Lipinski definition) is 7. The molecule has 1 aliphatic carbocycles. The van der Waals surface area contributed by atoms with Crippen LogP contribution in [0.5, 0.6) is 0 Å². The summed E-state index contributed by atoms with van der Waals surface area (Å²) in [6, 6.07) is -0.850. The Morgan fingerprint density at radius 3 is 2.25 bits per heavy atom. The number of thiophene rings is 1. The highest BCUT2D eigenvalue weighted by atomic mass is 32.1. The summed E-state index contributed by atoms with van der Waals surface area (Å²) in [5.74, 6) is -3.06. The molecule has 1 aliphatic heterocycles. The lowest BCUT2D eigenvalue weighted by Crippen LogP contribution is -2.61. The Labute approximate surface area is 239 Å². The number of carbonyl (C=O) groups excluding carboxylic acids is 6. The predicted molar refractivity (Wildman–Crippen MR) is 150 cm³/mol. The molecule has 12 heteroatoms. The zero-order valence-electron chi connectivity index (χ0n) is 23.8. The van der Waals surface area contributed by atoms with Gasteiger partial charge >= 0.3 is 6.03 Å². The van der Waals surface area contributed by atoms with E-state index in [1.54, 1.807) is 38.3 Å². The molecule has 2 aliphatic rings. The summed E-state index contributed by atoms with van der Waals surface area (Å²) in [6.07, 6.45) is 3.12. The van der Waals surface area contributed by atoms with Crippen LogP contribution in [0.15, 0.2) is 17.5 Å². The number of nitrogens with one attached hydrogen (secondary N) is 3. The van der Waals surface area contributed by atoms with Gasteiger partial charge in [0.15, 0.2) is 5.78 Å². The first-order valence-corrected chi connectivity index (χ1v) is 14.7. The van der Waals surface area contributed by atoms with Gasteiger partial charge in [0.1, 0.15) is 12.1 Å². The topological polar surface area (TPSA) is 168 Å². The molecule has 0 spiro atoms. The van der Waals surface area contributed by atoms with Gasteiger partial charge < -0.3 is 26.6 Å². The molecule has 0 bridgehead atoms. The van der Waals surface area contributed by atoms with Crippen molar-refractivity contribution in [1.29, 1.82) is 0 Å². The summed E-state index contributed by atoms with van der Waals surface area (Å²) in [4.78, 5) is 79.0. The van der Waals surface area contributed by atoms with Gasteiger partial charge in [-0.1, -0.05) is 53.5 Å². The van der Waals surface area contributed by atoms with E-state index in [-0.39, 0.29) is 17.6 Å². The number of ketones is 2. The van der Waals surface area contributed by atoms with Gasteiger partial charge in [-0.05, 0) is 48.0 Å². The van der Waals surface area contributed by atoms with E-state index < -0.39 is 59.1 Å². The van der Waals surface area contributed by atoms with Gasteiger partial charge in [-0.25, -0.2) is 4.79 Å². The summed E-state index contributed by atoms with van der Waals surface area (Å²) in [5, 5.41) is 9.94. The number of carbonyl (C=O) groups is 6. The van der Waals surface area contributed by atoms with Gasteiger partial charge in [0.25, 0.3) is 5.91 Å². The van der Waals surface area contributed by atoms with Crippen LogP contribution in [0.1, 0.15) is 76.4 Å². The zero-order valence-corrected chi connectivity index (χ0v) is 24.6. The molecule has 5 N–H and O–H groups in total. The van der Waals surface area contributed by atoms with Crippen LogP contribution in [-0.2, 0) is 19.2 Å². The maximum Gasteiger partial charge on any atom is 0.316 e. The molecule has 1 aromatic heterocycles. The third-order valence-electron chi connectivity index (χ3n) is 7.37. The number of nitrogens with two attached hydrogens (primary N) is 1. The van der Waals surface area contributed by atoms with Gasteiger partial charge in [0, 0.05) is 6.54 Å². The van der Waals surface area contributed by atoms with Crippen LogP contribution in [0.4, 0.5) is 4.79 Å². The van der Waals surface area contributed by atoms with E-state index >= 15 is 0 Å². The fourth-order valence-electron chi connectivity index (χ4n) is 4.90. The van der Waals surface area contributed by atoms with Gasteiger partial charge in [0.05, 0.1) is 17.0 Å².